The highest BCUT2D eigenvalue weighted by Crippen LogP contribution is 2.16. The molecular weight excluding hydrogens is 262 g/mol. The van der Waals surface area contributed by atoms with Crippen LogP contribution in [0.2, 0.25) is 5.02 Å². The fraction of sp³-hybridized carbons (Fsp3) is 0.143. The molecule has 0 radical (unpaired) electrons. The number of nitrogen functional groups attached to an aromatic ring is 1. The normalized spacial score (nSPS) is 10.2. The Labute approximate surface area is 116 Å². The molecule has 2 aromatic rings. The molecule has 4 nitrogen and oxygen atoms in total. The van der Waals surface area contributed by atoms with Gasteiger partial charge in [0.05, 0.1) is 10.6 Å². The predicted octanol–water partition coefficient (Wildman–Crippen LogP) is 2.56. The van der Waals surface area contributed by atoms with Crippen molar-refractivity contribution in [2.45, 2.75) is 13.5 Å². The smallest absolute Gasteiger partial charge is 0.253 e. The van der Waals surface area contributed by atoms with Crippen molar-refractivity contribution in [3.05, 3.63) is 58.2 Å². The Kier molecular flexibility index (Phi) is 4.02. The first-order valence-electron chi connectivity index (χ1n) is 5.81. The number of nitrogens with two attached hydrogens (primary N) is 1. The van der Waals surface area contributed by atoms with Crippen molar-refractivity contribution in [1.82, 2.24) is 10.3 Å². The molecule has 0 saturated heterocycles. The van der Waals surface area contributed by atoms with Crippen LogP contribution >= 0.6 is 11.6 Å². The Bertz CT molecular complexity index is 613. The molecule has 0 atom stereocenters. The second-order valence-corrected chi connectivity index (χ2v) is 4.61. The quantitative estimate of drug-likeness (QED) is 0.904. The SMILES string of the molecule is Cc1ccccc1CNC(=O)c1cc(N)ncc1Cl. The van der Waals surface area contributed by atoms with Crippen LogP contribution in [0.25, 0.3) is 0 Å². The van der Waals surface area contributed by atoms with Crippen LogP contribution in [-0.4, -0.2) is 10.9 Å². The van der Waals surface area contributed by atoms with Gasteiger partial charge in [-0.05, 0) is 24.1 Å². The number of rotatable bonds is 3. The molecule has 19 heavy (non-hydrogen) atoms. The topological polar surface area (TPSA) is 68.0 Å². The van der Waals surface area contributed by atoms with Crippen molar-refractivity contribution >= 4 is 23.3 Å². The molecule has 1 amide bonds. The van der Waals surface area contributed by atoms with Gasteiger partial charge in [-0.15, -0.1) is 0 Å². The van der Waals surface area contributed by atoms with Gasteiger partial charge in [0.1, 0.15) is 5.82 Å². The molecule has 0 spiro atoms. The molecule has 1 heterocycles. The summed E-state index contributed by atoms with van der Waals surface area (Å²) >= 11 is 5.93. The molecule has 0 aliphatic heterocycles. The lowest BCUT2D eigenvalue weighted by molar-refractivity contribution is 0.0951. The van der Waals surface area contributed by atoms with Crippen molar-refractivity contribution in [3.8, 4) is 0 Å². The minimum atomic E-state index is -0.262. The van der Waals surface area contributed by atoms with Crippen molar-refractivity contribution in [2.75, 3.05) is 5.73 Å². The van der Waals surface area contributed by atoms with Crippen molar-refractivity contribution < 1.29 is 4.79 Å². The maximum Gasteiger partial charge on any atom is 0.253 e. The van der Waals surface area contributed by atoms with E-state index in [1.165, 1.54) is 12.3 Å². The minimum Gasteiger partial charge on any atom is -0.384 e. The molecule has 1 aromatic heterocycles. The number of carbonyl (C=O) groups excluding carboxylic acids is 1. The van der Waals surface area contributed by atoms with Gasteiger partial charge >= 0.3 is 0 Å². The maximum atomic E-state index is 12.0. The number of hydrogen-bond donors (Lipinski definition) is 2. The van der Waals surface area contributed by atoms with Gasteiger partial charge in [-0.2, -0.15) is 0 Å². The van der Waals surface area contributed by atoms with Crippen LogP contribution in [0.5, 0.6) is 0 Å². The number of anilines is 1. The van der Waals surface area contributed by atoms with E-state index in [4.69, 9.17) is 17.3 Å². The van der Waals surface area contributed by atoms with Gasteiger partial charge in [0.15, 0.2) is 0 Å². The standard InChI is InChI=1S/C14H14ClN3O/c1-9-4-2-3-5-10(9)7-18-14(19)11-6-13(16)17-8-12(11)15/h2-6,8H,7H2,1H3,(H2,16,17)(H,18,19). The maximum absolute atomic E-state index is 12.0. The first-order chi connectivity index (χ1) is 9.08. The van der Waals surface area contributed by atoms with Crippen LogP contribution in [0, 0.1) is 6.92 Å². The molecular formula is C14H14ClN3O. The number of aryl methyl sites for hydroxylation is 1. The zero-order valence-electron chi connectivity index (χ0n) is 10.5. The van der Waals surface area contributed by atoms with Gasteiger partial charge in [-0.3, -0.25) is 4.79 Å². The summed E-state index contributed by atoms with van der Waals surface area (Å²) in [6.45, 7) is 2.45. The summed E-state index contributed by atoms with van der Waals surface area (Å²) in [7, 11) is 0. The second kappa shape index (κ2) is 5.71. The molecule has 0 aliphatic carbocycles. The van der Waals surface area contributed by atoms with E-state index in [1.807, 2.05) is 31.2 Å². The van der Waals surface area contributed by atoms with E-state index < -0.39 is 0 Å². The lowest BCUT2D eigenvalue weighted by atomic mass is 10.1. The number of nitrogens with zero attached hydrogens (tertiary/aromatic N) is 1. The molecule has 0 unspecified atom stereocenters. The van der Waals surface area contributed by atoms with Gasteiger partial charge in [0.25, 0.3) is 5.91 Å². The highest BCUT2D eigenvalue weighted by molar-refractivity contribution is 6.33. The van der Waals surface area contributed by atoms with Crippen LogP contribution in [-0.2, 0) is 6.54 Å². The fourth-order valence-corrected chi connectivity index (χ4v) is 1.90. The van der Waals surface area contributed by atoms with Crippen LogP contribution in [0.15, 0.2) is 36.5 Å². The third kappa shape index (κ3) is 3.23. The molecule has 98 valence electrons. The first-order valence-corrected chi connectivity index (χ1v) is 6.19. The molecule has 0 fully saturated rings. The second-order valence-electron chi connectivity index (χ2n) is 4.20. The van der Waals surface area contributed by atoms with E-state index in [0.717, 1.165) is 11.1 Å². The zero-order valence-corrected chi connectivity index (χ0v) is 11.2. The number of amides is 1. The number of halogens is 1. The Hall–Kier alpha value is -2.07. The summed E-state index contributed by atoms with van der Waals surface area (Å²) in [5.74, 6) is 0.00722. The van der Waals surface area contributed by atoms with Crippen molar-refractivity contribution in [3.63, 3.8) is 0 Å². The highest BCUT2D eigenvalue weighted by atomic mass is 35.5. The summed E-state index contributed by atoms with van der Waals surface area (Å²) in [6, 6.07) is 9.33. The largest absolute Gasteiger partial charge is 0.384 e. The summed E-state index contributed by atoms with van der Waals surface area (Å²) < 4.78 is 0. The number of hydrogen-bond acceptors (Lipinski definition) is 3. The minimum absolute atomic E-state index is 0.262. The van der Waals surface area contributed by atoms with E-state index in [9.17, 15) is 4.79 Å². The Morgan fingerprint density at radius 2 is 2.16 bits per heavy atom. The van der Waals surface area contributed by atoms with Gasteiger partial charge in [0, 0.05) is 12.7 Å². The van der Waals surface area contributed by atoms with E-state index in [-0.39, 0.29) is 16.7 Å². The summed E-state index contributed by atoms with van der Waals surface area (Å²) in [5, 5.41) is 3.11. The van der Waals surface area contributed by atoms with Crippen LogP contribution in [0.4, 0.5) is 5.82 Å². The lowest BCUT2D eigenvalue weighted by Gasteiger charge is -2.09. The van der Waals surface area contributed by atoms with E-state index >= 15 is 0 Å². The van der Waals surface area contributed by atoms with Gasteiger partial charge < -0.3 is 11.1 Å². The van der Waals surface area contributed by atoms with Crippen LogP contribution < -0.4 is 11.1 Å². The van der Waals surface area contributed by atoms with E-state index in [1.54, 1.807) is 0 Å². The molecule has 0 saturated carbocycles. The molecule has 5 heteroatoms. The lowest BCUT2D eigenvalue weighted by Crippen LogP contribution is -2.23. The highest BCUT2D eigenvalue weighted by Gasteiger charge is 2.11. The van der Waals surface area contributed by atoms with E-state index in [2.05, 4.69) is 10.3 Å². The molecule has 0 bridgehead atoms. The number of pyridine rings is 1. The van der Waals surface area contributed by atoms with Crippen molar-refractivity contribution in [2.24, 2.45) is 0 Å². The van der Waals surface area contributed by atoms with Gasteiger partial charge in [0.2, 0.25) is 0 Å². The average Bonchev–Trinajstić information content (AvgIpc) is 2.40. The van der Waals surface area contributed by atoms with Crippen LogP contribution in [0.1, 0.15) is 21.5 Å². The summed E-state index contributed by atoms with van der Waals surface area (Å²) in [5.41, 5.74) is 8.07. The average molecular weight is 276 g/mol. The molecule has 2 rings (SSSR count). The number of nitrogens with one attached hydrogen (secondary N) is 1. The third-order valence-corrected chi connectivity index (χ3v) is 3.12. The monoisotopic (exact) mass is 275 g/mol. The summed E-state index contributed by atoms with van der Waals surface area (Å²) in [4.78, 5) is 15.8. The zero-order chi connectivity index (χ0) is 13.8. The third-order valence-electron chi connectivity index (χ3n) is 2.82. The predicted molar refractivity (Wildman–Crippen MR) is 76.0 cm³/mol. The van der Waals surface area contributed by atoms with Crippen molar-refractivity contribution in [1.29, 1.82) is 0 Å². The van der Waals surface area contributed by atoms with Gasteiger partial charge in [-0.25, -0.2) is 4.98 Å². The summed E-state index contributed by atoms with van der Waals surface area (Å²) in [6.07, 6.45) is 1.37. The van der Waals surface area contributed by atoms with Gasteiger partial charge in [-0.1, -0.05) is 35.9 Å². The number of aromatic nitrogens is 1. The Morgan fingerprint density at radius 3 is 2.89 bits per heavy atom. The first kappa shape index (κ1) is 13.4. The van der Waals surface area contributed by atoms with E-state index in [0.29, 0.717) is 12.1 Å². The molecule has 0 aliphatic rings. The molecule has 3 N–H and O–H groups in total. The Morgan fingerprint density at radius 1 is 1.42 bits per heavy atom. The fourth-order valence-electron chi connectivity index (χ4n) is 1.71. The molecule has 1 aromatic carbocycles. The number of benzene rings is 1. The van der Waals surface area contributed by atoms with Crippen LogP contribution in [0.3, 0.4) is 0 Å². The Balaban J connectivity index is 2.10. The number of carbonyl (C=O) groups is 1.